The summed E-state index contributed by atoms with van der Waals surface area (Å²) < 4.78 is 28.7. The maximum absolute atomic E-state index is 14.4. The number of aromatic nitrogens is 3. The van der Waals surface area contributed by atoms with Crippen LogP contribution in [0.1, 0.15) is 28.3 Å². The van der Waals surface area contributed by atoms with E-state index in [1.54, 1.807) is 12.1 Å². The number of hydrogen-bond acceptors (Lipinski definition) is 4. The zero-order chi connectivity index (χ0) is 37.9. The lowest BCUT2D eigenvalue weighted by Gasteiger charge is -2.34. The molecule has 2 aromatic heterocycles. The number of nitrogens with one attached hydrogen (secondary N) is 1. The minimum atomic E-state index is -0.297. The molecule has 0 amide bonds. The SMILES string of the molecule is Cc1c2c(c(C)c3c1c(-c1ccc(F)cc1)nc1ccccc13)C(c1ccc(F)cc1)Nc1cc(-c3nc(-c4ccccc4)cc(-c4ccccc4)n3)ccc1-2. The fourth-order valence-corrected chi connectivity index (χ4v) is 8.38. The molecule has 56 heavy (non-hydrogen) atoms. The number of fused-ring (bicyclic) bond motifs is 6. The zero-order valence-corrected chi connectivity index (χ0v) is 30.7. The molecule has 0 radical (unpaired) electrons. The van der Waals surface area contributed by atoms with Gasteiger partial charge in [0.2, 0.25) is 0 Å². The monoisotopic (exact) mass is 728 g/mol. The smallest absolute Gasteiger partial charge is 0.160 e. The van der Waals surface area contributed by atoms with Gasteiger partial charge in [-0.1, -0.05) is 103 Å². The van der Waals surface area contributed by atoms with Crippen LogP contribution in [0.2, 0.25) is 0 Å². The molecular weight excluding hydrogens is 695 g/mol. The summed E-state index contributed by atoms with van der Waals surface area (Å²) in [5, 5.41) is 7.05. The van der Waals surface area contributed by atoms with E-state index in [1.165, 1.54) is 24.3 Å². The van der Waals surface area contributed by atoms with E-state index in [9.17, 15) is 8.78 Å². The van der Waals surface area contributed by atoms with Crippen molar-refractivity contribution in [1.29, 1.82) is 0 Å². The van der Waals surface area contributed by atoms with Crippen LogP contribution in [0, 0.1) is 25.5 Å². The summed E-state index contributed by atoms with van der Waals surface area (Å²) >= 11 is 0. The first-order chi connectivity index (χ1) is 27.4. The molecule has 1 aliphatic rings. The molecule has 1 aliphatic heterocycles. The predicted molar refractivity (Wildman–Crippen MR) is 223 cm³/mol. The van der Waals surface area contributed by atoms with Crippen molar-refractivity contribution in [2.75, 3.05) is 5.32 Å². The van der Waals surface area contributed by atoms with Crippen LogP contribution in [-0.4, -0.2) is 15.0 Å². The third kappa shape index (κ3) is 5.61. The highest BCUT2D eigenvalue weighted by molar-refractivity contribution is 6.16. The Morgan fingerprint density at radius 2 is 1.11 bits per heavy atom. The van der Waals surface area contributed by atoms with E-state index >= 15 is 0 Å². The minimum absolute atomic E-state index is 0.287. The first kappa shape index (κ1) is 33.5. The molecule has 0 spiro atoms. The number of nitrogens with zero attached hydrogens (tertiary/aromatic N) is 3. The van der Waals surface area contributed by atoms with Gasteiger partial charge in [-0.15, -0.1) is 0 Å². The van der Waals surface area contributed by atoms with Crippen molar-refractivity contribution in [2.24, 2.45) is 0 Å². The van der Waals surface area contributed by atoms with Gasteiger partial charge in [0.25, 0.3) is 0 Å². The van der Waals surface area contributed by atoms with E-state index in [4.69, 9.17) is 15.0 Å². The zero-order valence-electron chi connectivity index (χ0n) is 30.7. The average Bonchev–Trinajstić information content (AvgIpc) is 3.25. The standard InChI is InChI=1S/C50H34F2N4/c1-29-44-38-15-9-10-16-40(38)53-48(33-17-22-36(51)23-18-33)46(44)30(2)45-39-26-21-35(27-43(39)54-49(47(29)45)34-19-24-37(52)25-20-34)50-55-41(31-11-5-3-6-12-31)28-42(56-50)32-13-7-4-8-14-32/h3-28,49,54H,1-2H3. The molecule has 268 valence electrons. The fraction of sp³-hybridized carbons (Fsp3) is 0.0600. The molecule has 4 nitrogen and oxygen atoms in total. The lowest BCUT2D eigenvalue weighted by atomic mass is 9.77. The predicted octanol–water partition coefficient (Wildman–Crippen LogP) is 12.9. The number of rotatable bonds is 5. The molecule has 0 fully saturated rings. The summed E-state index contributed by atoms with van der Waals surface area (Å²) in [5.74, 6) is 0.0282. The van der Waals surface area contributed by atoms with Crippen molar-refractivity contribution >= 4 is 27.4 Å². The van der Waals surface area contributed by atoms with Gasteiger partial charge in [0.05, 0.1) is 28.6 Å². The van der Waals surface area contributed by atoms with Crippen LogP contribution in [0.15, 0.2) is 158 Å². The van der Waals surface area contributed by atoms with Gasteiger partial charge in [-0.05, 0) is 102 Å². The van der Waals surface area contributed by atoms with Gasteiger partial charge in [0.15, 0.2) is 5.82 Å². The number of pyridine rings is 1. The van der Waals surface area contributed by atoms with Crippen LogP contribution in [-0.2, 0) is 0 Å². The molecule has 1 atom stereocenters. The van der Waals surface area contributed by atoms with E-state index in [0.717, 1.165) is 100 Å². The Bertz CT molecular complexity index is 2910. The molecule has 0 saturated heterocycles. The molecule has 1 unspecified atom stereocenters. The van der Waals surface area contributed by atoms with E-state index in [2.05, 4.69) is 67.7 Å². The normalized spacial score (nSPS) is 13.3. The third-order valence-corrected chi connectivity index (χ3v) is 11.0. The van der Waals surface area contributed by atoms with Crippen LogP contribution < -0.4 is 5.32 Å². The Morgan fingerprint density at radius 1 is 0.518 bits per heavy atom. The van der Waals surface area contributed by atoms with Crippen LogP contribution in [0.4, 0.5) is 14.5 Å². The van der Waals surface area contributed by atoms with Crippen LogP contribution >= 0.6 is 0 Å². The van der Waals surface area contributed by atoms with Gasteiger partial charge in [0.1, 0.15) is 11.6 Å². The van der Waals surface area contributed by atoms with Crippen molar-refractivity contribution in [3.8, 4) is 56.3 Å². The molecule has 0 saturated carbocycles. The second-order valence-corrected chi connectivity index (χ2v) is 14.4. The lowest BCUT2D eigenvalue weighted by molar-refractivity contribution is 0.626. The van der Waals surface area contributed by atoms with Crippen molar-refractivity contribution in [1.82, 2.24) is 15.0 Å². The molecule has 10 rings (SSSR count). The first-order valence-corrected chi connectivity index (χ1v) is 18.7. The topological polar surface area (TPSA) is 50.7 Å². The number of hydrogen-bond donors (Lipinski definition) is 1. The van der Waals surface area contributed by atoms with E-state index in [1.807, 2.05) is 72.8 Å². The van der Waals surface area contributed by atoms with Crippen LogP contribution in [0.5, 0.6) is 0 Å². The number of para-hydroxylation sites is 1. The molecule has 3 heterocycles. The molecule has 6 heteroatoms. The van der Waals surface area contributed by atoms with E-state index < -0.39 is 0 Å². The number of benzene rings is 7. The van der Waals surface area contributed by atoms with Gasteiger partial charge >= 0.3 is 0 Å². The van der Waals surface area contributed by atoms with Gasteiger partial charge in [-0.2, -0.15) is 0 Å². The Labute approximate surface area is 323 Å². The second-order valence-electron chi connectivity index (χ2n) is 14.4. The second kappa shape index (κ2) is 13.4. The summed E-state index contributed by atoms with van der Waals surface area (Å²) in [5.41, 5.74) is 14.3. The quantitative estimate of drug-likeness (QED) is 0.179. The molecule has 0 bridgehead atoms. The minimum Gasteiger partial charge on any atom is -0.374 e. The molecule has 9 aromatic rings. The summed E-state index contributed by atoms with van der Waals surface area (Å²) in [6.45, 7) is 4.33. The number of anilines is 1. The maximum atomic E-state index is 14.4. The van der Waals surface area contributed by atoms with Crippen molar-refractivity contribution in [3.05, 3.63) is 192 Å². The Kier molecular flexibility index (Phi) is 7.99. The lowest BCUT2D eigenvalue weighted by Crippen LogP contribution is -2.21. The average molecular weight is 729 g/mol. The highest BCUT2D eigenvalue weighted by Crippen LogP contribution is 2.51. The van der Waals surface area contributed by atoms with E-state index in [0.29, 0.717) is 5.82 Å². The maximum Gasteiger partial charge on any atom is 0.160 e. The summed E-state index contributed by atoms with van der Waals surface area (Å²) in [4.78, 5) is 15.5. The molecule has 0 aliphatic carbocycles. The van der Waals surface area contributed by atoms with Gasteiger partial charge < -0.3 is 5.32 Å². The van der Waals surface area contributed by atoms with Crippen molar-refractivity contribution < 1.29 is 8.78 Å². The number of halogens is 2. The Balaban J connectivity index is 1.24. The first-order valence-electron chi connectivity index (χ1n) is 18.7. The Hall–Kier alpha value is -7.05. The molecular formula is C50H34F2N4. The number of aryl methyl sites for hydroxylation is 2. The summed E-state index contributed by atoms with van der Waals surface area (Å²) in [7, 11) is 0. The molecule has 7 aromatic carbocycles. The summed E-state index contributed by atoms with van der Waals surface area (Å²) in [6.07, 6.45) is 0. The van der Waals surface area contributed by atoms with Gasteiger partial charge in [-0.25, -0.2) is 23.7 Å². The summed E-state index contributed by atoms with van der Waals surface area (Å²) in [6, 6.07) is 50.0. The largest absolute Gasteiger partial charge is 0.374 e. The van der Waals surface area contributed by atoms with Gasteiger partial charge in [-0.3, -0.25) is 0 Å². The molecule has 1 N–H and O–H groups in total. The third-order valence-electron chi connectivity index (χ3n) is 11.0. The van der Waals surface area contributed by atoms with Gasteiger partial charge in [0, 0.05) is 44.3 Å². The highest BCUT2D eigenvalue weighted by Gasteiger charge is 2.32. The fourth-order valence-electron chi connectivity index (χ4n) is 8.38. The van der Waals surface area contributed by atoms with Crippen LogP contribution in [0.3, 0.4) is 0 Å². The van der Waals surface area contributed by atoms with Crippen LogP contribution in [0.25, 0.3) is 78.0 Å². The van der Waals surface area contributed by atoms with Crippen molar-refractivity contribution in [3.63, 3.8) is 0 Å². The van der Waals surface area contributed by atoms with Crippen molar-refractivity contribution in [2.45, 2.75) is 19.9 Å². The highest BCUT2D eigenvalue weighted by atomic mass is 19.1. The Morgan fingerprint density at radius 3 is 1.77 bits per heavy atom. The van der Waals surface area contributed by atoms with E-state index in [-0.39, 0.29) is 17.7 Å².